The van der Waals surface area contributed by atoms with Crippen LogP contribution in [0.15, 0.2) is 16.5 Å². The Kier molecular flexibility index (Phi) is 7.16. The number of benzene rings is 1. The Morgan fingerprint density at radius 3 is 2.38 bits per heavy atom. The molecule has 2 aromatic rings. The Morgan fingerprint density at radius 2 is 1.79 bits per heavy atom. The Labute approximate surface area is 205 Å². The van der Waals surface area contributed by atoms with E-state index in [1.54, 1.807) is 6.92 Å². The summed E-state index contributed by atoms with van der Waals surface area (Å²) in [5, 5.41) is 0.251. The van der Waals surface area contributed by atoms with Gasteiger partial charge in [-0.25, -0.2) is 4.98 Å². The van der Waals surface area contributed by atoms with E-state index in [0.29, 0.717) is 17.6 Å². The Bertz CT molecular complexity index is 1010. The molecule has 2 heterocycles. The van der Waals surface area contributed by atoms with Gasteiger partial charge in [-0.15, -0.1) is 0 Å². The second kappa shape index (κ2) is 9.65. The van der Waals surface area contributed by atoms with E-state index in [2.05, 4.69) is 44.8 Å². The molecule has 0 bridgehead atoms. The van der Waals surface area contributed by atoms with Crippen LogP contribution in [0.1, 0.15) is 78.0 Å². The van der Waals surface area contributed by atoms with Gasteiger partial charge in [0.1, 0.15) is 11.3 Å². The number of nitrogen functional groups attached to an aromatic ring is 1. The zero-order valence-corrected chi connectivity index (χ0v) is 22.9. The highest BCUT2D eigenvalue weighted by Gasteiger charge is 2.38. The van der Waals surface area contributed by atoms with E-state index < -0.39 is 8.32 Å². The molecule has 1 aromatic carbocycles. The number of carbonyl (C=O) groups is 1. The molecule has 0 amide bonds. The van der Waals surface area contributed by atoms with Crippen molar-refractivity contribution in [2.75, 3.05) is 30.3 Å². The molecule has 0 unspecified atom stereocenters. The van der Waals surface area contributed by atoms with Crippen LogP contribution in [-0.2, 0) is 9.22 Å². The van der Waals surface area contributed by atoms with Gasteiger partial charge in [-0.05, 0) is 75.6 Å². The molecule has 2 fully saturated rings. The van der Waals surface area contributed by atoms with Crippen molar-refractivity contribution in [3.8, 4) is 0 Å². The molecular formula is C27H43N3O3Si. The van der Waals surface area contributed by atoms with Gasteiger partial charge in [0.2, 0.25) is 0 Å². The first kappa shape index (κ1) is 25.2. The first-order valence-electron chi connectivity index (χ1n) is 13.0. The van der Waals surface area contributed by atoms with Crippen LogP contribution in [-0.4, -0.2) is 38.8 Å². The maximum absolute atomic E-state index is 11.7. The number of nitrogens with two attached hydrogens (primary N) is 1. The maximum atomic E-state index is 11.7. The SMILES string of the molecule is CC(=O)C1CCC(c2nc3cc(N4CCC(CO[Si](C)(C)C(C)(C)C)CC4)c(N)cc3o2)CC1. The number of oxazole rings is 1. The van der Waals surface area contributed by atoms with Crippen molar-refractivity contribution in [1.82, 2.24) is 4.98 Å². The summed E-state index contributed by atoms with van der Waals surface area (Å²) < 4.78 is 12.6. The molecule has 0 spiro atoms. The zero-order chi connectivity index (χ0) is 24.7. The second-order valence-electron chi connectivity index (χ2n) is 12.1. The van der Waals surface area contributed by atoms with Gasteiger partial charge < -0.3 is 19.5 Å². The third-order valence-electron chi connectivity index (χ3n) is 8.65. The molecule has 34 heavy (non-hydrogen) atoms. The average Bonchev–Trinajstić information content (AvgIpc) is 3.19. The molecule has 2 aliphatic rings. The van der Waals surface area contributed by atoms with E-state index in [-0.39, 0.29) is 11.0 Å². The monoisotopic (exact) mass is 485 g/mol. The number of carbonyl (C=O) groups excluding carboxylic acids is 1. The van der Waals surface area contributed by atoms with Gasteiger partial charge in [0.25, 0.3) is 0 Å². The molecule has 2 N–H and O–H groups in total. The van der Waals surface area contributed by atoms with E-state index in [1.807, 2.05) is 6.07 Å². The lowest BCUT2D eigenvalue weighted by Crippen LogP contribution is -2.43. The number of hydrogen-bond acceptors (Lipinski definition) is 6. The minimum absolute atomic E-state index is 0.207. The fourth-order valence-corrected chi connectivity index (χ4v) is 6.16. The molecule has 188 valence electrons. The van der Waals surface area contributed by atoms with E-state index in [0.717, 1.165) is 86.6 Å². The van der Waals surface area contributed by atoms with E-state index >= 15 is 0 Å². The highest BCUT2D eigenvalue weighted by Crippen LogP contribution is 2.40. The molecule has 0 atom stereocenters. The number of ketones is 1. The minimum atomic E-state index is -1.70. The van der Waals surface area contributed by atoms with Crippen LogP contribution in [0.25, 0.3) is 11.1 Å². The Balaban J connectivity index is 1.38. The van der Waals surface area contributed by atoms with Gasteiger partial charge in [0.05, 0.1) is 11.4 Å². The molecule has 1 aliphatic carbocycles. The van der Waals surface area contributed by atoms with Crippen molar-refractivity contribution in [1.29, 1.82) is 0 Å². The lowest BCUT2D eigenvalue weighted by atomic mass is 9.80. The van der Waals surface area contributed by atoms with Gasteiger partial charge in [-0.3, -0.25) is 4.79 Å². The first-order chi connectivity index (χ1) is 15.9. The number of hydrogen-bond donors (Lipinski definition) is 1. The lowest BCUT2D eigenvalue weighted by Gasteiger charge is -2.39. The van der Waals surface area contributed by atoms with Crippen LogP contribution in [0.3, 0.4) is 0 Å². The predicted octanol–water partition coefficient (Wildman–Crippen LogP) is 6.51. The largest absolute Gasteiger partial charge is 0.440 e. The molecule has 1 aromatic heterocycles. The normalized spacial score (nSPS) is 22.9. The summed E-state index contributed by atoms with van der Waals surface area (Å²) in [6.45, 7) is 16.1. The maximum Gasteiger partial charge on any atom is 0.198 e. The number of fused-ring (bicyclic) bond motifs is 1. The van der Waals surface area contributed by atoms with Crippen LogP contribution < -0.4 is 10.6 Å². The fourth-order valence-electron chi connectivity index (χ4n) is 5.07. The highest BCUT2D eigenvalue weighted by molar-refractivity contribution is 6.74. The van der Waals surface area contributed by atoms with Crippen molar-refractivity contribution in [3.63, 3.8) is 0 Å². The van der Waals surface area contributed by atoms with E-state index in [9.17, 15) is 4.79 Å². The van der Waals surface area contributed by atoms with Crippen LogP contribution >= 0.6 is 0 Å². The molecule has 0 radical (unpaired) electrons. The third-order valence-corrected chi connectivity index (χ3v) is 13.1. The number of piperidine rings is 1. The second-order valence-corrected chi connectivity index (χ2v) is 16.9. The fraction of sp³-hybridized carbons (Fsp3) is 0.704. The molecule has 7 heteroatoms. The summed E-state index contributed by atoms with van der Waals surface area (Å²) >= 11 is 0. The Hall–Kier alpha value is -1.86. The van der Waals surface area contributed by atoms with Crippen molar-refractivity contribution < 1.29 is 13.6 Å². The summed E-state index contributed by atoms with van der Waals surface area (Å²) in [6.07, 6.45) is 6.03. The van der Waals surface area contributed by atoms with Crippen LogP contribution in [0.4, 0.5) is 11.4 Å². The first-order valence-corrected chi connectivity index (χ1v) is 15.9. The van der Waals surface area contributed by atoms with E-state index in [1.165, 1.54) is 0 Å². The lowest BCUT2D eigenvalue weighted by molar-refractivity contribution is -0.121. The van der Waals surface area contributed by atoms with Gasteiger partial charge in [0.15, 0.2) is 19.8 Å². The van der Waals surface area contributed by atoms with Gasteiger partial charge in [-0.2, -0.15) is 0 Å². The predicted molar refractivity (Wildman–Crippen MR) is 142 cm³/mol. The van der Waals surface area contributed by atoms with Crippen LogP contribution in [0.5, 0.6) is 0 Å². The number of Topliss-reactive ketones (excluding diaryl/α,β-unsaturated/α-hetero) is 1. The number of rotatable bonds is 6. The van der Waals surface area contributed by atoms with Crippen molar-refractivity contribution >= 4 is 36.6 Å². The third kappa shape index (κ3) is 5.35. The van der Waals surface area contributed by atoms with E-state index in [4.69, 9.17) is 19.6 Å². The van der Waals surface area contributed by atoms with Crippen molar-refractivity contribution in [3.05, 3.63) is 18.0 Å². The summed E-state index contributed by atoms with van der Waals surface area (Å²) in [4.78, 5) is 18.9. The van der Waals surface area contributed by atoms with Gasteiger partial charge in [0, 0.05) is 37.6 Å². The molecule has 6 nitrogen and oxygen atoms in total. The van der Waals surface area contributed by atoms with Crippen molar-refractivity contribution in [2.45, 2.75) is 90.3 Å². The number of aromatic nitrogens is 1. The summed E-state index contributed by atoms with van der Waals surface area (Å²) in [7, 11) is -1.70. The molecular weight excluding hydrogens is 442 g/mol. The molecule has 4 rings (SSSR count). The van der Waals surface area contributed by atoms with Gasteiger partial charge >= 0.3 is 0 Å². The van der Waals surface area contributed by atoms with Crippen LogP contribution in [0.2, 0.25) is 18.1 Å². The Morgan fingerprint density at radius 1 is 1.15 bits per heavy atom. The molecule has 1 saturated heterocycles. The van der Waals surface area contributed by atoms with Crippen LogP contribution in [0, 0.1) is 11.8 Å². The molecule has 1 saturated carbocycles. The topological polar surface area (TPSA) is 81.6 Å². The smallest absolute Gasteiger partial charge is 0.198 e. The number of nitrogens with zero attached hydrogens (tertiary/aromatic N) is 2. The molecule has 1 aliphatic heterocycles. The minimum Gasteiger partial charge on any atom is -0.440 e. The van der Waals surface area contributed by atoms with Crippen molar-refractivity contribution in [2.24, 2.45) is 11.8 Å². The summed E-state index contributed by atoms with van der Waals surface area (Å²) in [6, 6.07) is 4.04. The average molecular weight is 486 g/mol. The summed E-state index contributed by atoms with van der Waals surface area (Å²) in [5.41, 5.74) is 9.94. The highest BCUT2D eigenvalue weighted by atomic mass is 28.4. The number of anilines is 2. The summed E-state index contributed by atoms with van der Waals surface area (Å²) in [5.74, 6) is 2.22. The standard InChI is InChI=1S/C27H43N3O3Si/c1-18(31)20-7-9-21(10-8-20)26-29-23-16-24(22(28)15-25(23)33-26)30-13-11-19(12-14-30)17-32-34(5,6)27(2,3)4/h15-16,19-21H,7-14,17,28H2,1-6H3. The zero-order valence-electron chi connectivity index (χ0n) is 21.9. The quantitative estimate of drug-likeness (QED) is 0.371. The van der Waals surface area contributed by atoms with Gasteiger partial charge in [-0.1, -0.05) is 20.8 Å².